The summed E-state index contributed by atoms with van der Waals surface area (Å²) in [5.74, 6) is -0.381. The number of ketones is 1. The van der Waals surface area contributed by atoms with E-state index >= 15 is 0 Å². The Labute approximate surface area is 195 Å². The van der Waals surface area contributed by atoms with Crippen LogP contribution in [0.1, 0.15) is 13.8 Å². The molecule has 1 saturated heterocycles. The number of hydrogen-bond acceptors (Lipinski definition) is 5. The molecule has 2 aliphatic heterocycles. The van der Waals surface area contributed by atoms with Gasteiger partial charge in [-0.2, -0.15) is 0 Å². The van der Waals surface area contributed by atoms with Gasteiger partial charge in [-0.15, -0.1) is 0 Å². The van der Waals surface area contributed by atoms with Gasteiger partial charge < -0.3 is 20.3 Å². The molecule has 0 spiro atoms. The van der Waals surface area contributed by atoms with Crippen LogP contribution in [0.3, 0.4) is 0 Å². The first kappa shape index (κ1) is 25.8. The zero-order chi connectivity index (χ0) is 24.1. The van der Waals surface area contributed by atoms with Crippen LogP contribution in [-0.4, -0.2) is 46.3 Å². The predicted molar refractivity (Wildman–Crippen MR) is 130 cm³/mol. The summed E-state index contributed by atoms with van der Waals surface area (Å²) in [5, 5.41) is 23.5. The summed E-state index contributed by atoms with van der Waals surface area (Å²) in [4.78, 5) is 24.0. The first-order valence-corrected chi connectivity index (χ1v) is 10.8. The highest BCUT2D eigenvalue weighted by atomic mass is 16.5. The lowest BCUT2D eigenvalue weighted by molar-refractivity contribution is -0.116. The van der Waals surface area contributed by atoms with Crippen LogP contribution in [-0.2, 0) is 14.3 Å². The molecule has 1 fully saturated rings. The number of carbonyl (C=O) groups excluding carboxylic acids is 2. The van der Waals surface area contributed by atoms with Gasteiger partial charge in [-0.1, -0.05) is 85.9 Å². The Morgan fingerprint density at radius 2 is 1.45 bits per heavy atom. The minimum atomic E-state index is -1.31. The van der Waals surface area contributed by atoms with E-state index in [9.17, 15) is 19.8 Å². The molecule has 2 heterocycles. The van der Waals surface area contributed by atoms with Gasteiger partial charge in [0.2, 0.25) is 5.91 Å². The van der Waals surface area contributed by atoms with E-state index in [1.54, 1.807) is 55.5 Å². The fraction of sp³-hybridized carbons (Fsp3) is 0.259. The Balaban J connectivity index is 2.19. The fourth-order valence-corrected chi connectivity index (χ4v) is 2.98. The quantitative estimate of drug-likeness (QED) is 0.528. The standard InChI is InChI=1S/C27H31NO5/c1-21-15-11-7-5-3-4-6-8-12-16-22(29)19-23-25(31)26(32)27(2,33-23)18-14-10-9-13-17-24(30)28-20-21/h3-19,21,25-26,31-32H,20H2,1-2H3,(H,28,30)/b4-3-,7-5+,8-6-,10-9-,15-11-,16-12+,17-13-,18-14+,23-19-/t21-,25-,26+,27-/m1/s1. The predicted octanol–water partition coefficient (Wildman–Crippen LogP) is 3.17. The number of amides is 1. The van der Waals surface area contributed by atoms with Crippen LogP contribution in [0.25, 0.3) is 0 Å². The van der Waals surface area contributed by atoms with Gasteiger partial charge in [-0.05, 0) is 25.0 Å². The van der Waals surface area contributed by atoms with Crippen LogP contribution in [0.4, 0.5) is 0 Å². The third kappa shape index (κ3) is 8.88. The van der Waals surface area contributed by atoms with Gasteiger partial charge in [0.25, 0.3) is 0 Å². The summed E-state index contributed by atoms with van der Waals surface area (Å²) in [6, 6.07) is 0. The maximum absolute atomic E-state index is 12.1. The summed E-state index contributed by atoms with van der Waals surface area (Å²) in [7, 11) is 0. The number of rotatable bonds is 0. The highest BCUT2D eigenvalue weighted by molar-refractivity contribution is 5.99. The van der Waals surface area contributed by atoms with Gasteiger partial charge in [0, 0.05) is 18.7 Å². The first-order valence-electron chi connectivity index (χ1n) is 10.8. The second-order valence-corrected chi connectivity index (χ2v) is 7.85. The fourth-order valence-electron chi connectivity index (χ4n) is 2.98. The van der Waals surface area contributed by atoms with Crippen molar-refractivity contribution in [2.24, 2.45) is 5.92 Å². The third-order valence-electron chi connectivity index (χ3n) is 4.88. The Morgan fingerprint density at radius 1 is 0.879 bits per heavy atom. The molecule has 0 aromatic rings. The maximum Gasteiger partial charge on any atom is 0.243 e. The van der Waals surface area contributed by atoms with Gasteiger partial charge in [-0.25, -0.2) is 0 Å². The van der Waals surface area contributed by atoms with Crippen molar-refractivity contribution in [3.63, 3.8) is 0 Å². The molecule has 4 atom stereocenters. The van der Waals surface area contributed by atoms with E-state index in [1.165, 1.54) is 18.2 Å². The van der Waals surface area contributed by atoms with Gasteiger partial charge in [-0.3, -0.25) is 9.59 Å². The average molecular weight is 450 g/mol. The van der Waals surface area contributed by atoms with Crippen molar-refractivity contribution in [1.82, 2.24) is 5.32 Å². The number of aliphatic hydroxyl groups is 2. The van der Waals surface area contributed by atoms with Crippen LogP contribution >= 0.6 is 0 Å². The van der Waals surface area contributed by atoms with E-state index in [0.29, 0.717) is 6.54 Å². The molecule has 6 nitrogen and oxygen atoms in total. The summed E-state index contributed by atoms with van der Waals surface area (Å²) in [6.45, 7) is 4.14. The molecule has 0 unspecified atom stereocenters. The van der Waals surface area contributed by atoms with Gasteiger partial charge in [0.15, 0.2) is 11.4 Å². The van der Waals surface area contributed by atoms with Crippen LogP contribution in [0.15, 0.2) is 109 Å². The molecular weight excluding hydrogens is 418 g/mol. The van der Waals surface area contributed by atoms with Crippen LogP contribution in [0, 0.1) is 5.92 Å². The average Bonchev–Trinajstić information content (AvgIpc) is 2.99. The number of allylic oxidation sites excluding steroid dienone is 14. The molecule has 0 aromatic carbocycles. The van der Waals surface area contributed by atoms with Crippen LogP contribution in [0.5, 0.6) is 0 Å². The van der Waals surface area contributed by atoms with Crippen molar-refractivity contribution in [1.29, 1.82) is 0 Å². The largest absolute Gasteiger partial charge is 0.482 e. The van der Waals surface area contributed by atoms with Gasteiger partial charge >= 0.3 is 0 Å². The molecule has 174 valence electrons. The number of hydrogen-bond donors (Lipinski definition) is 3. The topological polar surface area (TPSA) is 95.9 Å². The van der Waals surface area contributed by atoms with Crippen LogP contribution in [0.2, 0.25) is 0 Å². The number of fused-ring (bicyclic) bond motifs is 2. The minimum absolute atomic E-state index is 0.00617. The molecule has 0 saturated carbocycles. The summed E-state index contributed by atoms with van der Waals surface area (Å²) in [5.41, 5.74) is -1.20. The van der Waals surface area contributed by atoms with Crippen molar-refractivity contribution in [3.8, 4) is 0 Å². The van der Waals surface area contributed by atoms with Crippen molar-refractivity contribution >= 4 is 11.7 Å². The normalized spacial score (nSPS) is 38.7. The molecule has 2 bridgehead atoms. The number of ether oxygens (including phenoxy) is 1. The second-order valence-electron chi connectivity index (χ2n) is 7.85. The SMILES string of the molecule is C[C@@H]1\C=C/C=C/C=C\C=C/C=C/C(=O)/C=C2\O[C@](C)(/C=C/C=C\C=C/C(=O)NC1)[C@@H](O)[C@@H]2O. The van der Waals surface area contributed by atoms with Crippen molar-refractivity contribution in [2.75, 3.05) is 6.54 Å². The van der Waals surface area contributed by atoms with E-state index in [1.807, 2.05) is 43.4 Å². The van der Waals surface area contributed by atoms with E-state index in [4.69, 9.17) is 4.74 Å². The lowest BCUT2D eigenvalue weighted by Crippen LogP contribution is -2.38. The monoisotopic (exact) mass is 449 g/mol. The molecule has 6 heteroatoms. The molecule has 3 N–H and O–H groups in total. The second kappa shape index (κ2) is 13.2. The summed E-state index contributed by atoms with van der Waals surface area (Å²) >= 11 is 0. The van der Waals surface area contributed by atoms with Crippen molar-refractivity contribution in [2.45, 2.75) is 31.7 Å². The zero-order valence-electron chi connectivity index (χ0n) is 18.9. The minimum Gasteiger partial charge on any atom is -0.482 e. The van der Waals surface area contributed by atoms with E-state index < -0.39 is 17.8 Å². The number of nitrogens with one attached hydrogen (secondary N) is 1. The molecule has 0 aromatic heterocycles. The highest BCUT2D eigenvalue weighted by Crippen LogP contribution is 2.34. The Hall–Kier alpha value is -3.48. The van der Waals surface area contributed by atoms with E-state index in [0.717, 1.165) is 0 Å². The van der Waals surface area contributed by atoms with Crippen LogP contribution < -0.4 is 5.32 Å². The molecule has 0 radical (unpaired) electrons. The smallest absolute Gasteiger partial charge is 0.243 e. The molecule has 2 aliphatic rings. The lowest BCUT2D eigenvalue weighted by atomic mass is 9.96. The van der Waals surface area contributed by atoms with E-state index in [2.05, 4.69) is 5.32 Å². The highest BCUT2D eigenvalue weighted by Gasteiger charge is 2.47. The molecular formula is C27H31NO5. The first-order chi connectivity index (χ1) is 15.8. The third-order valence-corrected chi connectivity index (χ3v) is 4.88. The Bertz CT molecular complexity index is 961. The van der Waals surface area contributed by atoms with Crippen molar-refractivity contribution in [3.05, 3.63) is 109 Å². The van der Waals surface area contributed by atoms with Gasteiger partial charge in [0.05, 0.1) is 0 Å². The van der Waals surface area contributed by atoms with Crippen molar-refractivity contribution < 1.29 is 24.5 Å². The Morgan fingerprint density at radius 3 is 2.15 bits per heavy atom. The molecule has 33 heavy (non-hydrogen) atoms. The Kier molecular flexibility index (Phi) is 10.3. The summed E-state index contributed by atoms with van der Waals surface area (Å²) in [6.07, 6.45) is 26.0. The lowest BCUT2D eigenvalue weighted by Gasteiger charge is -2.22. The van der Waals surface area contributed by atoms with Gasteiger partial charge in [0.1, 0.15) is 18.0 Å². The van der Waals surface area contributed by atoms with E-state index in [-0.39, 0.29) is 23.4 Å². The summed E-state index contributed by atoms with van der Waals surface area (Å²) < 4.78 is 5.68. The number of aliphatic hydroxyl groups excluding tert-OH is 2. The zero-order valence-corrected chi connectivity index (χ0v) is 18.9. The molecule has 2 rings (SSSR count). The number of carbonyl (C=O) groups is 2. The molecule has 1 amide bonds. The maximum atomic E-state index is 12.1. The molecule has 0 aliphatic carbocycles.